The zero-order chi connectivity index (χ0) is 10.7. The fourth-order valence-corrected chi connectivity index (χ4v) is 1.58. The van der Waals surface area contributed by atoms with Crippen molar-refractivity contribution in [3.63, 3.8) is 0 Å². The molecule has 1 aromatic heterocycles. The number of nitrogens with two attached hydrogens (primary N) is 1. The van der Waals surface area contributed by atoms with Gasteiger partial charge in [-0.15, -0.1) is 0 Å². The van der Waals surface area contributed by atoms with Crippen LogP contribution in [-0.4, -0.2) is 0 Å². The second kappa shape index (κ2) is 4.47. The Labute approximate surface area is 85.8 Å². The summed E-state index contributed by atoms with van der Waals surface area (Å²) in [5.74, 6) is 1.86. The highest BCUT2D eigenvalue weighted by Gasteiger charge is 2.13. The molecule has 2 nitrogen and oxygen atoms in total. The van der Waals surface area contributed by atoms with Crippen LogP contribution in [0, 0.1) is 13.8 Å². The summed E-state index contributed by atoms with van der Waals surface area (Å²) in [4.78, 5) is 0. The molecule has 0 amide bonds. The summed E-state index contributed by atoms with van der Waals surface area (Å²) in [6.07, 6.45) is 1.83. The van der Waals surface area contributed by atoms with Gasteiger partial charge in [-0.2, -0.15) is 0 Å². The van der Waals surface area contributed by atoms with Crippen molar-refractivity contribution in [2.75, 3.05) is 0 Å². The van der Waals surface area contributed by atoms with E-state index in [1.807, 2.05) is 19.9 Å². The van der Waals surface area contributed by atoms with Crippen LogP contribution in [0.1, 0.15) is 42.9 Å². The van der Waals surface area contributed by atoms with E-state index in [2.05, 4.69) is 13.5 Å². The molecule has 1 aromatic rings. The lowest BCUT2D eigenvalue weighted by Gasteiger charge is -2.11. The number of hydrogen-bond acceptors (Lipinski definition) is 2. The minimum atomic E-state index is 0.0277. The second-order valence-corrected chi connectivity index (χ2v) is 3.78. The molecule has 0 bridgehead atoms. The van der Waals surface area contributed by atoms with Crippen LogP contribution in [-0.2, 0) is 0 Å². The lowest BCUT2D eigenvalue weighted by Crippen LogP contribution is -2.11. The smallest absolute Gasteiger partial charge is 0.105 e. The normalized spacial score (nSPS) is 12.9. The van der Waals surface area contributed by atoms with Gasteiger partial charge in [0.1, 0.15) is 11.5 Å². The Morgan fingerprint density at radius 2 is 2.21 bits per heavy atom. The standard InChI is InChI=1S/C12H19NO/c1-5-8(2)6-12(13)11-7-9(3)14-10(11)4/h7,12H,2,5-6,13H2,1,3-4H3. The molecule has 0 radical (unpaired) electrons. The van der Waals surface area contributed by atoms with Crippen LogP contribution in [0.3, 0.4) is 0 Å². The molecule has 0 saturated carbocycles. The van der Waals surface area contributed by atoms with Crippen LogP contribution in [0.2, 0.25) is 0 Å². The van der Waals surface area contributed by atoms with E-state index in [4.69, 9.17) is 10.2 Å². The van der Waals surface area contributed by atoms with Crippen molar-refractivity contribution < 1.29 is 4.42 Å². The highest BCUT2D eigenvalue weighted by Crippen LogP contribution is 2.24. The molecule has 0 spiro atoms. The molecular formula is C12H19NO. The van der Waals surface area contributed by atoms with Crippen molar-refractivity contribution in [2.45, 2.75) is 39.7 Å². The predicted octanol–water partition coefficient (Wildman–Crippen LogP) is 3.25. The van der Waals surface area contributed by atoms with Gasteiger partial charge < -0.3 is 10.2 Å². The Kier molecular flexibility index (Phi) is 3.53. The Bertz CT molecular complexity index is 325. The maximum Gasteiger partial charge on any atom is 0.105 e. The van der Waals surface area contributed by atoms with Gasteiger partial charge in [0.15, 0.2) is 0 Å². The van der Waals surface area contributed by atoms with Crippen molar-refractivity contribution in [1.82, 2.24) is 0 Å². The van der Waals surface area contributed by atoms with E-state index in [0.717, 1.165) is 29.9 Å². The topological polar surface area (TPSA) is 39.2 Å². The van der Waals surface area contributed by atoms with Gasteiger partial charge in [0.05, 0.1) is 0 Å². The molecule has 2 N–H and O–H groups in total. The van der Waals surface area contributed by atoms with E-state index in [1.165, 1.54) is 5.57 Å². The largest absolute Gasteiger partial charge is 0.466 e. The third kappa shape index (κ3) is 2.48. The molecule has 0 saturated heterocycles. The molecule has 14 heavy (non-hydrogen) atoms. The summed E-state index contributed by atoms with van der Waals surface area (Å²) in [6.45, 7) is 9.96. The first kappa shape index (κ1) is 11.1. The quantitative estimate of drug-likeness (QED) is 0.745. The van der Waals surface area contributed by atoms with Gasteiger partial charge in [0.2, 0.25) is 0 Å². The Morgan fingerprint density at radius 1 is 1.57 bits per heavy atom. The van der Waals surface area contributed by atoms with Crippen LogP contribution in [0.5, 0.6) is 0 Å². The minimum Gasteiger partial charge on any atom is -0.466 e. The average molecular weight is 193 g/mol. The van der Waals surface area contributed by atoms with Crippen LogP contribution >= 0.6 is 0 Å². The first-order valence-corrected chi connectivity index (χ1v) is 5.03. The van der Waals surface area contributed by atoms with Gasteiger partial charge in [0.25, 0.3) is 0 Å². The Morgan fingerprint density at radius 3 is 2.64 bits per heavy atom. The molecule has 1 heterocycles. The molecule has 2 heteroatoms. The summed E-state index contributed by atoms with van der Waals surface area (Å²) in [5.41, 5.74) is 8.36. The van der Waals surface area contributed by atoms with Gasteiger partial charge in [0, 0.05) is 11.6 Å². The molecule has 0 aliphatic carbocycles. The molecule has 1 unspecified atom stereocenters. The maximum absolute atomic E-state index is 6.06. The van der Waals surface area contributed by atoms with Crippen LogP contribution in [0.4, 0.5) is 0 Å². The number of aryl methyl sites for hydroxylation is 2. The Balaban J connectivity index is 2.73. The molecular weight excluding hydrogens is 174 g/mol. The highest BCUT2D eigenvalue weighted by atomic mass is 16.3. The first-order chi connectivity index (χ1) is 6.54. The van der Waals surface area contributed by atoms with Crippen LogP contribution in [0.25, 0.3) is 0 Å². The van der Waals surface area contributed by atoms with E-state index in [1.54, 1.807) is 0 Å². The molecule has 0 aromatic carbocycles. The average Bonchev–Trinajstić information content (AvgIpc) is 2.45. The lowest BCUT2D eigenvalue weighted by atomic mass is 10.00. The van der Waals surface area contributed by atoms with Crippen molar-refractivity contribution in [2.24, 2.45) is 5.73 Å². The highest BCUT2D eigenvalue weighted by molar-refractivity contribution is 5.25. The number of hydrogen-bond donors (Lipinski definition) is 1. The lowest BCUT2D eigenvalue weighted by molar-refractivity contribution is 0.497. The van der Waals surface area contributed by atoms with E-state index < -0.39 is 0 Å². The van der Waals surface area contributed by atoms with Crippen molar-refractivity contribution in [1.29, 1.82) is 0 Å². The number of rotatable bonds is 4. The second-order valence-electron chi connectivity index (χ2n) is 3.78. The SMILES string of the molecule is C=C(CC)CC(N)c1cc(C)oc1C. The fourth-order valence-electron chi connectivity index (χ4n) is 1.58. The summed E-state index contributed by atoms with van der Waals surface area (Å²) in [7, 11) is 0. The van der Waals surface area contributed by atoms with Gasteiger partial charge in [-0.05, 0) is 32.8 Å². The monoisotopic (exact) mass is 193 g/mol. The molecule has 78 valence electrons. The van der Waals surface area contributed by atoms with Gasteiger partial charge in [-0.25, -0.2) is 0 Å². The summed E-state index contributed by atoms with van der Waals surface area (Å²) < 4.78 is 5.44. The fraction of sp³-hybridized carbons (Fsp3) is 0.500. The zero-order valence-corrected chi connectivity index (χ0v) is 9.26. The van der Waals surface area contributed by atoms with Crippen molar-refractivity contribution in [3.8, 4) is 0 Å². The third-order valence-electron chi connectivity index (χ3n) is 2.49. The van der Waals surface area contributed by atoms with Crippen LogP contribution < -0.4 is 5.73 Å². The molecule has 1 atom stereocenters. The Hall–Kier alpha value is -1.02. The van der Waals surface area contributed by atoms with E-state index in [9.17, 15) is 0 Å². The van der Waals surface area contributed by atoms with Gasteiger partial charge in [-0.1, -0.05) is 19.1 Å². The maximum atomic E-state index is 6.06. The number of furan rings is 1. The predicted molar refractivity (Wildman–Crippen MR) is 59.2 cm³/mol. The van der Waals surface area contributed by atoms with E-state index >= 15 is 0 Å². The third-order valence-corrected chi connectivity index (χ3v) is 2.49. The van der Waals surface area contributed by atoms with E-state index in [-0.39, 0.29) is 6.04 Å². The summed E-state index contributed by atoms with van der Waals surface area (Å²) in [5, 5.41) is 0. The zero-order valence-electron chi connectivity index (χ0n) is 9.26. The van der Waals surface area contributed by atoms with Gasteiger partial charge in [-0.3, -0.25) is 0 Å². The van der Waals surface area contributed by atoms with E-state index in [0.29, 0.717) is 0 Å². The summed E-state index contributed by atoms with van der Waals surface area (Å²) >= 11 is 0. The van der Waals surface area contributed by atoms with Crippen molar-refractivity contribution >= 4 is 0 Å². The molecule has 0 aliphatic rings. The molecule has 0 fully saturated rings. The van der Waals surface area contributed by atoms with Crippen molar-refractivity contribution in [3.05, 3.63) is 35.3 Å². The molecule has 0 aliphatic heterocycles. The first-order valence-electron chi connectivity index (χ1n) is 5.03. The summed E-state index contributed by atoms with van der Waals surface area (Å²) in [6, 6.07) is 2.04. The molecule has 1 rings (SSSR count). The van der Waals surface area contributed by atoms with Gasteiger partial charge >= 0.3 is 0 Å². The van der Waals surface area contributed by atoms with Crippen LogP contribution in [0.15, 0.2) is 22.6 Å². The minimum absolute atomic E-state index is 0.0277.